The Kier molecular flexibility index (Phi) is 4.40. The molecule has 3 rings (SSSR count). The molecule has 1 atom stereocenters. The van der Waals surface area contributed by atoms with Crippen molar-refractivity contribution in [2.45, 2.75) is 11.8 Å². The predicted molar refractivity (Wildman–Crippen MR) is 94.1 cm³/mol. The summed E-state index contributed by atoms with van der Waals surface area (Å²) in [5, 5.41) is 3.98. The van der Waals surface area contributed by atoms with Gasteiger partial charge < -0.3 is 9.26 Å². The van der Waals surface area contributed by atoms with Crippen molar-refractivity contribution in [3.05, 3.63) is 60.4 Å². The van der Waals surface area contributed by atoms with Gasteiger partial charge in [0.25, 0.3) is 0 Å². The van der Waals surface area contributed by atoms with Gasteiger partial charge in [0.2, 0.25) is 0 Å². The summed E-state index contributed by atoms with van der Waals surface area (Å²) in [5.41, 5.74) is 2.35. The fourth-order valence-corrected chi connectivity index (χ4v) is 3.55. The highest BCUT2D eigenvalue weighted by Gasteiger charge is 2.08. The summed E-state index contributed by atoms with van der Waals surface area (Å²) < 4.78 is 27.5. The maximum Gasteiger partial charge on any atom is 0.134 e. The maximum atomic E-state index is 12.9. The molecule has 0 N–H and O–H groups in total. The van der Waals surface area contributed by atoms with Gasteiger partial charge in [-0.3, -0.25) is 0 Å². The summed E-state index contributed by atoms with van der Waals surface area (Å²) in [6.07, 6.45) is 1.63. The zero-order chi connectivity index (χ0) is 17.2. The number of methoxy groups -OCH3 is 1. The molecule has 0 fully saturated rings. The molecule has 0 aliphatic rings. The van der Waals surface area contributed by atoms with Gasteiger partial charge in [-0.15, -0.1) is 0 Å². The van der Waals surface area contributed by atoms with E-state index in [9.17, 15) is 4.21 Å². The molecular weight excluding hydrogens is 324 g/mol. The summed E-state index contributed by atoms with van der Waals surface area (Å²) >= 11 is 0. The first-order valence-corrected chi connectivity index (χ1v) is 9.30. The molecule has 0 radical (unpaired) electrons. The van der Waals surface area contributed by atoms with Crippen molar-refractivity contribution in [2.75, 3.05) is 13.4 Å². The van der Waals surface area contributed by atoms with Gasteiger partial charge in [0.15, 0.2) is 0 Å². The third-order valence-electron chi connectivity index (χ3n) is 3.57. The van der Waals surface area contributed by atoms with Gasteiger partial charge in [0.1, 0.15) is 17.2 Å². The van der Waals surface area contributed by atoms with Gasteiger partial charge in [0.05, 0.1) is 22.5 Å². The molecule has 5 nitrogen and oxygen atoms in total. The molecule has 2 aromatic carbocycles. The van der Waals surface area contributed by atoms with E-state index in [1.807, 2.05) is 37.3 Å². The third kappa shape index (κ3) is 3.49. The van der Waals surface area contributed by atoms with E-state index in [2.05, 4.69) is 9.52 Å². The van der Waals surface area contributed by atoms with Crippen molar-refractivity contribution in [3.8, 4) is 17.0 Å². The second kappa shape index (κ2) is 6.49. The molecule has 0 amide bonds. The second-order valence-electron chi connectivity index (χ2n) is 5.44. The lowest BCUT2D eigenvalue weighted by Gasteiger charge is -2.06. The molecule has 6 heteroatoms. The molecular formula is C18H18N2O3S. The predicted octanol–water partition coefficient (Wildman–Crippen LogP) is 4.45. The van der Waals surface area contributed by atoms with Crippen LogP contribution in [0.3, 0.4) is 0 Å². The van der Waals surface area contributed by atoms with Crippen LogP contribution < -0.4 is 4.74 Å². The van der Waals surface area contributed by atoms with Crippen LogP contribution >= 0.6 is 0 Å². The number of benzene rings is 2. The van der Waals surface area contributed by atoms with Gasteiger partial charge >= 0.3 is 0 Å². The number of nitrogens with zero attached hydrogens (tertiary/aromatic N) is 2. The summed E-state index contributed by atoms with van der Waals surface area (Å²) in [7, 11) is -0.929. The lowest BCUT2D eigenvalue weighted by molar-refractivity contribution is 0.399. The number of ether oxygens (including phenoxy) is 1. The maximum absolute atomic E-state index is 12.9. The molecule has 0 spiro atoms. The van der Waals surface area contributed by atoms with Gasteiger partial charge in [-0.2, -0.15) is 4.36 Å². The Labute approximate surface area is 141 Å². The van der Waals surface area contributed by atoms with Crippen LogP contribution in [-0.4, -0.2) is 22.7 Å². The largest absolute Gasteiger partial charge is 0.497 e. The molecule has 1 unspecified atom stereocenters. The standard InChI is InChI=1S/C18H18N2O3S/c1-13-12-18(19-23-13)14-4-6-15(7-5-14)20-24(3,21)17-10-8-16(22-2)9-11-17/h4-12H,1-3H3. The SMILES string of the molecule is COc1ccc(S(C)(=O)=Nc2ccc(-c3cc(C)on3)cc2)cc1. The van der Waals surface area contributed by atoms with E-state index >= 15 is 0 Å². The van der Waals surface area contributed by atoms with Crippen LogP contribution in [0.2, 0.25) is 0 Å². The van der Waals surface area contributed by atoms with E-state index in [1.54, 1.807) is 37.6 Å². The summed E-state index contributed by atoms with van der Waals surface area (Å²) in [6.45, 7) is 1.85. The van der Waals surface area contributed by atoms with Crippen LogP contribution in [0, 0.1) is 6.92 Å². The number of rotatable bonds is 4. The van der Waals surface area contributed by atoms with Gasteiger partial charge in [0, 0.05) is 22.8 Å². The molecule has 0 aliphatic carbocycles. The second-order valence-corrected chi connectivity index (χ2v) is 7.70. The minimum absolute atomic E-state index is 0.655. The molecule has 3 aromatic rings. The van der Waals surface area contributed by atoms with E-state index in [-0.39, 0.29) is 0 Å². The Morgan fingerprint density at radius 1 is 1.08 bits per heavy atom. The third-order valence-corrected chi connectivity index (χ3v) is 5.27. The van der Waals surface area contributed by atoms with E-state index < -0.39 is 9.73 Å². The number of aromatic nitrogens is 1. The molecule has 0 bridgehead atoms. The minimum Gasteiger partial charge on any atom is -0.497 e. The monoisotopic (exact) mass is 342 g/mol. The van der Waals surface area contributed by atoms with Crippen molar-refractivity contribution in [3.63, 3.8) is 0 Å². The molecule has 24 heavy (non-hydrogen) atoms. The van der Waals surface area contributed by atoms with Gasteiger partial charge in [-0.05, 0) is 43.3 Å². The molecule has 124 valence electrons. The van der Waals surface area contributed by atoms with E-state index in [4.69, 9.17) is 9.26 Å². The van der Waals surface area contributed by atoms with Crippen LogP contribution in [0.1, 0.15) is 5.76 Å². The normalized spacial score (nSPS) is 13.3. The van der Waals surface area contributed by atoms with Crippen LogP contribution in [0.5, 0.6) is 5.75 Å². The van der Waals surface area contributed by atoms with Crippen LogP contribution in [0.4, 0.5) is 5.69 Å². The average Bonchev–Trinajstić information content (AvgIpc) is 3.02. The quantitative estimate of drug-likeness (QED) is 0.703. The Hall–Kier alpha value is -2.60. The first-order chi connectivity index (χ1) is 11.5. The van der Waals surface area contributed by atoms with Crippen molar-refractivity contribution in [1.29, 1.82) is 0 Å². The topological polar surface area (TPSA) is 64.7 Å². The molecule has 0 aliphatic heterocycles. The Morgan fingerprint density at radius 2 is 1.75 bits per heavy atom. The number of hydrogen-bond donors (Lipinski definition) is 0. The summed E-state index contributed by atoms with van der Waals surface area (Å²) in [6, 6.07) is 16.4. The molecule has 0 saturated heterocycles. The van der Waals surface area contributed by atoms with Crippen LogP contribution in [0.15, 0.2) is 68.4 Å². The van der Waals surface area contributed by atoms with E-state index in [1.165, 1.54) is 0 Å². The molecule has 1 heterocycles. The van der Waals surface area contributed by atoms with Gasteiger partial charge in [-0.25, -0.2) is 4.21 Å². The highest BCUT2D eigenvalue weighted by atomic mass is 32.2. The summed E-state index contributed by atoms with van der Waals surface area (Å²) in [4.78, 5) is 0.666. The minimum atomic E-state index is -2.53. The smallest absolute Gasteiger partial charge is 0.134 e. The molecule has 0 saturated carbocycles. The van der Waals surface area contributed by atoms with Crippen molar-refractivity contribution < 1.29 is 13.5 Å². The zero-order valence-corrected chi connectivity index (χ0v) is 14.5. The zero-order valence-electron chi connectivity index (χ0n) is 13.7. The Balaban J connectivity index is 1.90. The van der Waals surface area contributed by atoms with Crippen molar-refractivity contribution in [1.82, 2.24) is 5.16 Å². The fraction of sp³-hybridized carbons (Fsp3) is 0.167. The lowest BCUT2D eigenvalue weighted by Crippen LogP contribution is -1.96. The molecule has 1 aromatic heterocycles. The van der Waals surface area contributed by atoms with Gasteiger partial charge in [-0.1, -0.05) is 17.3 Å². The Morgan fingerprint density at radius 3 is 2.29 bits per heavy atom. The van der Waals surface area contributed by atoms with Crippen LogP contribution in [0.25, 0.3) is 11.3 Å². The van der Waals surface area contributed by atoms with Crippen molar-refractivity contribution >= 4 is 15.4 Å². The van der Waals surface area contributed by atoms with Crippen molar-refractivity contribution in [2.24, 2.45) is 4.36 Å². The number of hydrogen-bond acceptors (Lipinski definition) is 5. The fourth-order valence-electron chi connectivity index (χ4n) is 2.28. The highest BCUT2D eigenvalue weighted by molar-refractivity contribution is 7.93. The van der Waals surface area contributed by atoms with E-state index in [0.717, 1.165) is 22.8 Å². The first-order valence-electron chi connectivity index (χ1n) is 7.38. The first kappa shape index (κ1) is 16.3. The van der Waals surface area contributed by atoms with Crippen LogP contribution in [-0.2, 0) is 9.73 Å². The highest BCUT2D eigenvalue weighted by Crippen LogP contribution is 2.25. The number of aryl methyl sites for hydroxylation is 1. The lowest BCUT2D eigenvalue weighted by atomic mass is 10.1. The van der Waals surface area contributed by atoms with E-state index in [0.29, 0.717) is 10.6 Å². The summed E-state index contributed by atoms with van der Waals surface area (Å²) in [5.74, 6) is 1.48. The Bertz CT molecular complexity index is 951. The average molecular weight is 342 g/mol.